The van der Waals surface area contributed by atoms with Crippen molar-refractivity contribution in [2.24, 2.45) is 5.41 Å². The molecule has 5 heterocycles. The van der Waals surface area contributed by atoms with E-state index in [-0.39, 0.29) is 43.0 Å². The van der Waals surface area contributed by atoms with Crippen molar-refractivity contribution in [2.45, 2.75) is 77.2 Å². The number of carbonyl (C=O) groups is 3. The molecule has 2 N–H and O–H groups in total. The van der Waals surface area contributed by atoms with Crippen LogP contribution in [-0.2, 0) is 33.5 Å². The van der Waals surface area contributed by atoms with Gasteiger partial charge in [-0.2, -0.15) is 23.5 Å². The van der Waals surface area contributed by atoms with Crippen molar-refractivity contribution in [1.82, 2.24) is 34.9 Å². The van der Waals surface area contributed by atoms with Gasteiger partial charge in [0.1, 0.15) is 36.0 Å². The number of alkyl halides is 3. The molecule has 51 heavy (non-hydrogen) atoms. The van der Waals surface area contributed by atoms with Gasteiger partial charge in [0, 0.05) is 47.8 Å². The largest absolute Gasteiger partial charge is 0.433 e. The molecule has 7 rings (SSSR count). The van der Waals surface area contributed by atoms with Gasteiger partial charge in [-0.3, -0.25) is 19.1 Å². The van der Waals surface area contributed by atoms with Crippen molar-refractivity contribution in [3.8, 4) is 17.2 Å². The number of hydrogen-bond acceptors (Lipinski definition) is 8. The Balaban J connectivity index is 1.27. The second-order valence-electron chi connectivity index (χ2n) is 13.5. The molecule has 15 heteroatoms. The molecule has 0 radical (unpaired) electrons. The van der Waals surface area contributed by atoms with Crippen molar-refractivity contribution in [1.29, 1.82) is 5.26 Å². The lowest BCUT2D eigenvalue weighted by Crippen LogP contribution is -2.47. The molecule has 1 aliphatic carbocycles. The van der Waals surface area contributed by atoms with E-state index in [1.54, 1.807) is 19.3 Å². The molecule has 4 aromatic rings. The zero-order valence-electron chi connectivity index (χ0n) is 27.9. The molecule has 0 unspecified atom stereocenters. The molecule has 3 amide bonds. The summed E-state index contributed by atoms with van der Waals surface area (Å²) in [5, 5.41) is 20.7. The van der Waals surface area contributed by atoms with Crippen LogP contribution in [0.25, 0.3) is 22.0 Å². The van der Waals surface area contributed by atoms with Gasteiger partial charge in [0.05, 0.1) is 5.52 Å². The third kappa shape index (κ3) is 6.53. The fraction of sp³-hybridized carbons (Fsp3) is 0.389. The predicted octanol–water partition coefficient (Wildman–Crippen LogP) is 4.79. The van der Waals surface area contributed by atoms with Crippen molar-refractivity contribution in [3.05, 3.63) is 77.2 Å². The maximum absolute atomic E-state index is 14.3. The van der Waals surface area contributed by atoms with Crippen molar-refractivity contribution in [2.75, 3.05) is 11.9 Å². The minimum atomic E-state index is -4.72. The number of benzene rings is 1. The smallest absolute Gasteiger partial charge is 0.355 e. The number of pyridine rings is 1. The highest BCUT2D eigenvalue weighted by atomic mass is 19.4. The van der Waals surface area contributed by atoms with Crippen LogP contribution in [-0.4, -0.2) is 66.0 Å². The van der Waals surface area contributed by atoms with Crippen LogP contribution in [0.15, 0.2) is 48.8 Å². The van der Waals surface area contributed by atoms with Crippen molar-refractivity contribution < 1.29 is 27.6 Å². The molecule has 0 spiro atoms. The van der Waals surface area contributed by atoms with Gasteiger partial charge in [-0.25, -0.2) is 15.0 Å². The summed E-state index contributed by atoms with van der Waals surface area (Å²) in [5.74, 6) is -0.899. The Hall–Kier alpha value is -5.65. The van der Waals surface area contributed by atoms with E-state index in [2.05, 4.69) is 36.8 Å². The Bertz CT molecular complexity index is 2140. The van der Waals surface area contributed by atoms with Crippen LogP contribution in [0.1, 0.15) is 60.4 Å². The van der Waals surface area contributed by atoms with Crippen LogP contribution in [0.2, 0.25) is 0 Å². The van der Waals surface area contributed by atoms with Crippen molar-refractivity contribution in [3.63, 3.8) is 0 Å². The number of nitriles is 1. The maximum atomic E-state index is 14.3. The van der Waals surface area contributed by atoms with Crippen LogP contribution in [0, 0.1) is 30.6 Å². The number of carbonyl (C=O) groups excluding carboxylic acids is 3. The second-order valence-corrected chi connectivity index (χ2v) is 13.5. The molecule has 3 aliphatic rings. The molecule has 2 bridgehead atoms. The standard InChI is InChI=1S/C36H34F3N9O3/c1-20-9-10-28(36(37,38)39)44-33(20)45-34(51)27-13-35-14-29(35)48(27)31(50)18-47-32-22(7-5-3-4-6-8-30(49)43-19-35)11-23(12-25(32)26(15-40)46-47)24-16-41-21(2)42-17-24/h3,5,9-12,16-17,27,29H,4,6-8,13-14,18-19H2,1-2H3,(H,43,49)(H,44,45,51)/t27-,29+,35-/m0/s1. The first kappa shape index (κ1) is 33.8. The normalized spacial score (nSPS) is 22.2. The van der Waals surface area contributed by atoms with E-state index in [9.17, 15) is 32.8 Å². The first-order valence-corrected chi connectivity index (χ1v) is 16.7. The predicted molar refractivity (Wildman–Crippen MR) is 179 cm³/mol. The third-order valence-electron chi connectivity index (χ3n) is 9.98. The molecule has 3 aromatic heterocycles. The van der Waals surface area contributed by atoms with Gasteiger partial charge in [-0.05, 0) is 80.8 Å². The van der Waals surface area contributed by atoms with Crippen LogP contribution < -0.4 is 10.6 Å². The number of aryl methyl sites for hydroxylation is 2. The summed E-state index contributed by atoms with van der Waals surface area (Å²) in [5.41, 5.74) is 1.63. The van der Waals surface area contributed by atoms with E-state index >= 15 is 0 Å². The van der Waals surface area contributed by atoms with Crippen LogP contribution in [0.3, 0.4) is 0 Å². The summed E-state index contributed by atoms with van der Waals surface area (Å²) in [6, 6.07) is 6.56. The summed E-state index contributed by atoms with van der Waals surface area (Å²) in [6.07, 6.45) is 5.43. The van der Waals surface area contributed by atoms with Gasteiger partial charge in [-0.1, -0.05) is 18.2 Å². The topological polar surface area (TPSA) is 159 Å². The average Bonchev–Trinajstić information content (AvgIpc) is 3.52. The lowest BCUT2D eigenvalue weighted by Gasteiger charge is -2.27. The number of allylic oxidation sites excluding steroid dienone is 2. The van der Waals surface area contributed by atoms with Gasteiger partial charge in [-0.15, -0.1) is 0 Å². The van der Waals surface area contributed by atoms with E-state index in [1.165, 1.54) is 22.6 Å². The highest BCUT2D eigenvalue weighted by Crippen LogP contribution is 2.59. The van der Waals surface area contributed by atoms with Crippen LogP contribution >= 0.6 is 0 Å². The number of halogens is 3. The molecule has 12 nitrogen and oxygen atoms in total. The number of anilines is 1. The van der Waals surface area contributed by atoms with Crippen LogP contribution in [0.5, 0.6) is 0 Å². The molecule has 1 aromatic carbocycles. The molecule has 2 aliphatic heterocycles. The number of nitrogens with zero attached hydrogens (tertiary/aromatic N) is 7. The Labute approximate surface area is 290 Å². The molecular weight excluding hydrogens is 663 g/mol. The van der Waals surface area contributed by atoms with Crippen molar-refractivity contribution >= 4 is 34.4 Å². The molecule has 1 saturated heterocycles. The Morgan fingerprint density at radius 1 is 1.10 bits per heavy atom. The molecule has 2 fully saturated rings. The van der Waals surface area contributed by atoms with E-state index in [0.717, 1.165) is 22.8 Å². The fourth-order valence-electron chi connectivity index (χ4n) is 7.23. The Kier molecular flexibility index (Phi) is 8.56. The fourth-order valence-corrected chi connectivity index (χ4v) is 7.23. The van der Waals surface area contributed by atoms with Gasteiger partial charge in [0.15, 0.2) is 5.69 Å². The summed E-state index contributed by atoms with van der Waals surface area (Å²) in [4.78, 5) is 54.7. The van der Waals surface area contributed by atoms with E-state index in [4.69, 9.17) is 0 Å². The molecular formula is C36H34F3N9O3. The lowest BCUT2D eigenvalue weighted by molar-refractivity contribution is -0.141. The number of aromatic nitrogens is 5. The summed E-state index contributed by atoms with van der Waals surface area (Å²) in [6.45, 7) is 3.26. The van der Waals surface area contributed by atoms with E-state index in [0.29, 0.717) is 54.4 Å². The number of hydrogen-bond donors (Lipinski definition) is 2. The Morgan fingerprint density at radius 2 is 1.88 bits per heavy atom. The molecule has 262 valence electrons. The number of nitrogens with one attached hydrogen (secondary N) is 2. The minimum Gasteiger partial charge on any atom is -0.355 e. The molecule has 3 atom stereocenters. The maximum Gasteiger partial charge on any atom is 0.433 e. The van der Waals surface area contributed by atoms with Gasteiger partial charge >= 0.3 is 6.18 Å². The summed E-state index contributed by atoms with van der Waals surface area (Å²) in [7, 11) is 0. The minimum absolute atomic E-state index is 0.123. The van der Waals surface area contributed by atoms with Gasteiger partial charge < -0.3 is 15.5 Å². The lowest BCUT2D eigenvalue weighted by atomic mass is 9.98. The van der Waals surface area contributed by atoms with Gasteiger partial charge in [0.2, 0.25) is 17.7 Å². The first-order chi connectivity index (χ1) is 24.4. The number of piperidine rings is 1. The zero-order chi connectivity index (χ0) is 36.1. The molecule has 1 saturated carbocycles. The monoisotopic (exact) mass is 697 g/mol. The van der Waals surface area contributed by atoms with Crippen LogP contribution in [0.4, 0.5) is 19.0 Å². The number of amides is 3. The van der Waals surface area contributed by atoms with E-state index in [1.807, 2.05) is 24.3 Å². The SMILES string of the molecule is Cc1ncc(-c2cc3c4c(c2)c(C#N)nn4CC(=O)N2[C@H](C(=O)Nc4nc(C(F)(F)F)ccc4C)C[C@@]4(CNC(=O)CCCC=CC3)C[C@@H]24)cn1. The number of rotatable bonds is 3. The van der Waals surface area contributed by atoms with E-state index < -0.39 is 35.1 Å². The summed E-state index contributed by atoms with van der Waals surface area (Å²) >= 11 is 0. The highest BCUT2D eigenvalue weighted by Gasteiger charge is 2.67. The first-order valence-electron chi connectivity index (χ1n) is 16.7. The third-order valence-corrected chi connectivity index (χ3v) is 9.98. The average molecular weight is 698 g/mol. The second kappa shape index (κ2) is 12.9. The quantitative estimate of drug-likeness (QED) is 0.289. The Morgan fingerprint density at radius 3 is 2.63 bits per heavy atom. The van der Waals surface area contributed by atoms with Gasteiger partial charge in [0.25, 0.3) is 0 Å². The summed E-state index contributed by atoms with van der Waals surface area (Å²) < 4.78 is 41.9. The highest BCUT2D eigenvalue weighted by molar-refractivity contribution is 5.98. The zero-order valence-corrected chi connectivity index (χ0v) is 27.9.